The summed E-state index contributed by atoms with van der Waals surface area (Å²) in [6.07, 6.45) is 6.65. The highest BCUT2D eigenvalue weighted by Gasteiger charge is 2.14. The number of aromatic nitrogens is 3. The quantitative estimate of drug-likeness (QED) is 0.652. The number of ether oxygens (including phenoxy) is 1. The molecule has 3 aromatic rings. The van der Waals surface area contributed by atoms with Gasteiger partial charge in [0.05, 0.1) is 13.7 Å². The summed E-state index contributed by atoms with van der Waals surface area (Å²) in [5, 5.41) is 0. The van der Waals surface area contributed by atoms with Crippen LogP contribution >= 0.6 is 0 Å². The van der Waals surface area contributed by atoms with Crippen LogP contribution in [0.15, 0.2) is 55.0 Å². The molecule has 1 aromatic carbocycles. The van der Waals surface area contributed by atoms with E-state index in [0.717, 1.165) is 35.9 Å². The first-order chi connectivity index (χ1) is 12.6. The largest absolute Gasteiger partial charge is 0.497 e. The number of aryl methyl sites for hydroxylation is 1. The van der Waals surface area contributed by atoms with E-state index in [1.165, 1.54) is 5.56 Å². The standard InChI is InChI=1S/C21H26N4O/c1-16-9-10-22-18(13-16)14-17(2)24(3)15-21-23-11-12-25(21)19-5-7-20(26-4)8-6-19/h5-13,17H,14-15H2,1-4H3. The first kappa shape index (κ1) is 18.1. The molecule has 0 radical (unpaired) electrons. The maximum atomic E-state index is 5.24. The molecule has 0 spiro atoms. The van der Waals surface area contributed by atoms with Gasteiger partial charge in [0.15, 0.2) is 0 Å². The SMILES string of the molecule is COc1ccc(-n2ccnc2CN(C)C(C)Cc2cc(C)ccn2)cc1. The molecule has 2 aromatic heterocycles. The summed E-state index contributed by atoms with van der Waals surface area (Å²) >= 11 is 0. The van der Waals surface area contributed by atoms with Crippen LogP contribution in [0, 0.1) is 6.92 Å². The van der Waals surface area contributed by atoms with Crippen LogP contribution in [0.4, 0.5) is 0 Å². The van der Waals surface area contributed by atoms with Gasteiger partial charge in [0.25, 0.3) is 0 Å². The van der Waals surface area contributed by atoms with Gasteiger partial charge in [-0.2, -0.15) is 0 Å². The maximum absolute atomic E-state index is 5.24. The second kappa shape index (κ2) is 8.15. The first-order valence-corrected chi connectivity index (χ1v) is 8.85. The molecule has 0 saturated heterocycles. The molecular weight excluding hydrogens is 324 g/mol. The van der Waals surface area contributed by atoms with Crippen molar-refractivity contribution in [1.29, 1.82) is 0 Å². The van der Waals surface area contributed by atoms with E-state index < -0.39 is 0 Å². The van der Waals surface area contributed by atoms with Gasteiger partial charge in [0.1, 0.15) is 11.6 Å². The average molecular weight is 350 g/mol. The molecule has 136 valence electrons. The van der Waals surface area contributed by atoms with Gasteiger partial charge in [-0.05, 0) is 62.9 Å². The Bertz CT molecular complexity index is 841. The van der Waals surface area contributed by atoms with Crippen molar-refractivity contribution in [2.24, 2.45) is 0 Å². The van der Waals surface area contributed by atoms with Gasteiger partial charge >= 0.3 is 0 Å². The number of benzene rings is 1. The third-order valence-corrected chi connectivity index (χ3v) is 4.69. The van der Waals surface area contributed by atoms with E-state index in [2.05, 4.69) is 46.4 Å². The Morgan fingerprint density at radius 2 is 1.88 bits per heavy atom. The molecule has 26 heavy (non-hydrogen) atoms. The van der Waals surface area contributed by atoms with Crippen LogP contribution < -0.4 is 4.74 Å². The van der Waals surface area contributed by atoms with Crippen LogP contribution in [-0.2, 0) is 13.0 Å². The minimum Gasteiger partial charge on any atom is -0.497 e. The smallest absolute Gasteiger partial charge is 0.127 e. The van der Waals surface area contributed by atoms with Gasteiger partial charge in [0, 0.05) is 42.4 Å². The molecule has 3 rings (SSSR count). The lowest BCUT2D eigenvalue weighted by Crippen LogP contribution is -2.31. The lowest BCUT2D eigenvalue weighted by Gasteiger charge is -2.24. The molecule has 0 aliphatic rings. The fourth-order valence-electron chi connectivity index (χ4n) is 2.98. The van der Waals surface area contributed by atoms with E-state index in [1.807, 2.05) is 48.9 Å². The van der Waals surface area contributed by atoms with Crippen LogP contribution in [0.5, 0.6) is 5.75 Å². The molecule has 1 unspecified atom stereocenters. The highest BCUT2D eigenvalue weighted by Crippen LogP contribution is 2.18. The summed E-state index contributed by atoms with van der Waals surface area (Å²) in [5.41, 5.74) is 3.46. The van der Waals surface area contributed by atoms with E-state index >= 15 is 0 Å². The summed E-state index contributed by atoms with van der Waals surface area (Å²) in [6, 6.07) is 12.6. The molecule has 1 atom stereocenters. The summed E-state index contributed by atoms with van der Waals surface area (Å²) in [7, 11) is 3.81. The van der Waals surface area contributed by atoms with Gasteiger partial charge in [-0.1, -0.05) is 0 Å². The van der Waals surface area contributed by atoms with Gasteiger partial charge < -0.3 is 9.30 Å². The fraction of sp³-hybridized carbons (Fsp3) is 0.333. The molecule has 0 aliphatic heterocycles. The van der Waals surface area contributed by atoms with E-state index in [0.29, 0.717) is 6.04 Å². The third kappa shape index (κ3) is 4.29. The monoisotopic (exact) mass is 350 g/mol. The first-order valence-electron chi connectivity index (χ1n) is 8.85. The number of pyridine rings is 1. The van der Waals surface area contributed by atoms with E-state index in [9.17, 15) is 0 Å². The molecule has 0 N–H and O–H groups in total. The third-order valence-electron chi connectivity index (χ3n) is 4.69. The number of likely N-dealkylation sites (N-methyl/N-ethyl adjacent to an activating group) is 1. The van der Waals surface area contributed by atoms with Crippen molar-refractivity contribution in [3.05, 3.63) is 72.1 Å². The number of rotatable bonds is 7. The zero-order valence-electron chi connectivity index (χ0n) is 15.9. The van der Waals surface area contributed by atoms with Crippen LogP contribution in [-0.4, -0.2) is 39.6 Å². The molecule has 5 nitrogen and oxygen atoms in total. The number of nitrogens with zero attached hydrogens (tertiary/aromatic N) is 4. The van der Waals surface area contributed by atoms with Crippen molar-refractivity contribution < 1.29 is 4.74 Å². The highest BCUT2D eigenvalue weighted by atomic mass is 16.5. The Morgan fingerprint density at radius 1 is 1.12 bits per heavy atom. The summed E-state index contributed by atoms with van der Waals surface area (Å²) in [4.78, 5) is 11.3. The Kier molecular flexibility index (Phi) is 5.68. The van der Waals surface area contributed by atoms with Crippen LogP contribution in [0.1, 0.15) is 24.0 Å². The van der Waals surface area contributed by atoms with Crippen LogP contribution in [0.3, 0.4) is 0 Å². The predicted molar refractivity (Wildman–Crippen MR) is 104 cm³/mol. The minimum absolute atomic E-state index is 0.366. The highest BCUT2D eigenvalue weighted by molar-refractivity contribution is 5.38. The van der Waals surface area contributed by atoms with Crippen molar-refractivity contribution in [2.45, 2.75) is 32.9 Å². The Balaban J connectivity index is 1.69. The van der Waals surface area contributed by atoms with Gasteiger partial charge in [-0.15, -0.1) is 0 Å². The Hall–Kier alpha value is -2.66. The molecular formula is C21H26N4O. The summed E-state index contributed by atoms with van der Waals surface area (Å²) < 4.78 is 7.36. The van der Waals surface area contributed by atoms with Gasteiger partial charge in [0.2, 0.25) is 0 Å². The van der Waals surface area contributed by atoms with Crippen molar-refractivity contribution in [3.8, 4) is 11.4 Å². The second-order valence-electron chi connectivity index (χ2n) is 6.70. The lowest BCUT2D eigenvalue weighted by atomic mass is 10.1. The fourth-order valence-corrected chi connectivity index (χ4v) is 2.98. The predicted octanol–water partition coefficient (Wildman–Crippen LogP) is 3.65. The zero-order valence-corrected chi connectivity index (χ0v) is 15.9. The summed E-state index contributed by atoms with van der Waals surface area (Å²) in [5.74, 6) is 1.87. The number of hydrogen-bond acceptors (Lipinski definition) is 4. The van der Waals surface area contributed by atoms with Gasteiger partial charge in [-0.25, -0.2) is 4.98 Å². The zero-order chi connectivity index (χ0) is 18.5. The molecule has 0 saturated carbocycles. The van der Waals surface area contributed by atoms with E-state index in [-0.39, 0.29) is 0 Å². The van der Waals surface area contributed by atoms with Crippen molar-refractivity contribution in [1.82, 2.24) is 19.4 Å². The van der Waals surface area contributed by atoms with Gasteiger partial charge in [-0.3, -0.25) is 9.88 Å². The molecule has 5 heteroatoms. The van der Waals surface area contributed by atoms with Crippen LogP contribution in [0.25, 0.3) is 5.69 Å². The maximum Gasteiger partial charge on any atom is 0.127 e. The minimum atomic E-state index is 0.366. The van der Waals surface area contributed by atoms with E-state index in [1.54, 1.807) is 7.11 Å². The Morgan fingerprint density at radius 3 is 2.58 bits per heavy atom. The average Bonchev–Trinajstić information content (AvgIpc) is 3.10. The molecule has 2 heterocycles. The number of hydrogen-bond donors (Lipinski definition) is 0. The summed E-state index contributed by atoms with van der Waals surface area (Å²) in [6.45, 7) is 5.10. The second-order valence-corrected chi connectivity index (χ2v) is 6.70. The Labute approximate surface area is 155 Å². The topological polar surface area (TPSA) is 43.2 Å². The lowest BCUT2D eigenvalue weighted by molar-refractivity contribution is 0.240. The van der Waals surface area contributed by atoms with Crippen LogP contribution in [0.2, 0.25) is 0 Å². The normalized spacial score (nSPS) is 12.3. The number of imidazole rings is 1. The van der Waals surface area contributed by atoms with E-state index in [4.69, 9.17) is 4.74 Å². The van der Waals surface area contributed by atoms with Crippen molar-refractivity contribution >= 4 is 0 Å². The molecule has 0 fully saturated rings. The van der Waals surface area contributed by atoms with Crippen molar-refractivity contribution in [2.75, 3.05) is 14.2 Å². The number of methoxy groups -OCH3 is 1. The molecule has 0 bridgehead atoms. The molecule has 0 amide bonds. The molecule has 0 aliphatic carbocycles. The van der Waals surface area contributed by atoms with Crippen molar-refractivity contribution in [3.63, 3.8) is 0 Å².